The van der Waals surface area contributed by atoms with Crippen LogP contribution >= 0.6 is 46.4 Å². The van der Waals surface area contributed by atoms with Gasteiger partial charge in [0.15, 0.2) is 0 Å². The molecule has 12 nitrogen and oxygen atoms in total. The Morgan fingerprint density at radius 1 is 0.979 bits per heavy atom. The number of amides is 2. The molecule has 2 amide bonds. The summed E-state index contributed by atoms with van der Waals surface area (Å²) in [7, 11) is 1.55. The zero-order valence-electron chi connectivity index (χ0n) is 26.5. The van der Waals surface area contributed by atoms with Gasteiger partial charge in [-0.3, -0.25) is 20.1 Å². The summed E-state index contributed by atoms with van der Waals surface area (Å²) in [5.74, 6) is 7.21. The van der Waals surface area contributed by atoms with Gasteiger partial charge in [0.1, 0.15) is 17.2 Å². The van der Waals surface area contributed by atoms with Crippen LogP contribution in [0.15, 0.2) is 41.4 Å². The number of aromatic nitrogens is 3. The molecule has 1 radical (unpaired) electrons. The topological polar surface area (TPSA) is 149 Å². The van der Waals surface area contributed by atoms with E-state index in [0.29, 0.717) is 45.6 Å². The second kappa shape index (κ2) is 19.5. The van der Waals surface area contributed by atoms with Gasteiger partial charge >= 0.3 is 6.09 Å². The number of benzene rings is 2. The van der Waals surface area contributed by atoms with Crippen molar-refractivity contribution in [2.45, 2.75) is 52.3 Å². The van der Waals surface area contributed by atoms with Crippen molar-refractivity contribution < 1.29 is 37.6 Å². The Kier molecular flexibility index (Phi) is 16.8. The van der Waals surface area contributed by atoms with Crippen LogP contribution in [0.5, 0.6) is 0 Å². The number of nitrogens with two attached hydrogens (primary N) is 1. The Morgan fingerprint density at radius 2 is 1.62 bits per heavy atom. The predicted octanol–water partition coefficient (Wildman–Crippen LogP) is 5.08. The second-order valence-electron chi connectivity index (χ2n) is 11.2. The number of carbonyl (C=O) groups is 2. The van der Waals surface area contributed by atoms with Gasteiger partial charge in [-0.25, -0.2) is 10.6 Å². The summed E-state index contributed by atoms with van der Waals surface area (Å²) in [4.78, 5) is 28.2. The number of fused-ring (bicyclic) bond motifs is 1. The summed E-state index contributed by atoms with van der Waals surface area (Å²) in [5, 5.41) is 13.8. The maximum absolute atomic E-state index is 11.7. The van der Waals surface area contributed by atoms with E-state index in [-0.39, 0.29) is 37.0 Å². The maximum atomic E-state index is 11.7. The van der Waals surface area contributed by atoms with Gasteiger partial charge in [0, 0.05) is 44.6 Å². The van der Waals surface area contributed by atoms with Crippen LogP contribution in [0.3, 0.4) is 0 Å². The number of nitrogens with zero attached hydrogens (tertiary/aromatic N) is 5. The third kappa shape index (κ3) is 13.5. The average molecular weight is 767 g/mol. The number of hydrogen-bond donors (Lipinski definition) is 3. The van der Waals surface area contributed by atoms with E-state index in [4.69, 9.17) is 61.7 Å². The SMILES string of the molecule is COC1=NCCN(C(=O)OC(C)(C)C)C1.Clc1ccc(Cc2nnc3n2CCNC3)cc1Cl.NNC(=O)Cc1ccc(Cl)c(Cl)c1.[V]. The first-order chi connectivity index (χ1) is 21.8. The predicted molar refractivity (Wildman–Crippen MR) is 181 cm³/mol. The van der Waals surface area contributed by atoms with Crippen LogP contribution in [0.1, 0.15) is 43.5 Å². The second-order valence-corrected chi connectivity index (χ2v) is 12.8. The number of halogens is 4. The van der Waals surface area contributed by atoms with E-state index in [1.165, 1.54) is 0 Å². The molecule has 2 aromatic carbocycles. The Bertz CT molecular complexity index is 1530. The Labute approximate surface area is 306 Å². The van der Waals surface area contributed by atoms with Crippen molar-refractivity contribution >= 4 is 64.3 Å². The summed E-state index contributed by atoms with van der Waals surface area (Å²) in [6.07, 6.45) is 0.615. The molecular weight excluding hydrogens is 729 g/mol. The van der Waals surface area contributed by atoms with Crippen molar-refractivity contribution in [2.75, 3.05) is 33.3 Å². The van der Waals surface area contributed by atoms with E-state index < -0.39 is 5.60 Å². The van der Waals surface area contributed by atoms with Crippen LogP contribution in [0.2, 0.25) is 20.1 Å². The molecule has 0 fully saturated rings. The van der Waals surface area contributed by atoms with Gasteiger partial charge in [-0.05, 0) is 56.2 Å². The Morgan fingerprint density at radius 3 is 2.21 bits per heavy atom. The summed E-state index contributed by atoms with van der Waals surface area (Å²) in [6.45, 7) is 9.75. The van der Waals surface area contributed by atoms with Gasteiger partial charge in [-0.2, -0.15) is 0 Å². The van der Waals surface area contributed by atoms with Crippen LogP contribution < -0.4 is 16.6 Å². The quantitative estimate of drug-likeness (QED) is 0.189. The first kappa shape index (κ1) is 40.6. The fourth-order valence-corrected chi connectivity index (χ4v) is 4.84. The van der Waals surface area contributed by atoms with Crippen LogP contribution in [0.4, 0.5) is 4.79 Å². The molecule has 0 unspecified atom stereocenters. The van der Waals surface area contributed by atoms with Crippen molar-refractivity contribution in [3.05, 3.63) is 79.3 Å². The summed E-state index contributed by atoms with van der Waals surface area (Å²) in [6, 6.07) is 10.7. The van der Waals surface area contributed by atoms with Crippen LogP contribution in [-0.4, -0.2) is 76.5 Å². The number of methoxy groups -OCH3 is 1. The molecule has 1 aromatic heterocycles. The average Bonchev–Trinajstić information content (AvgIpc) is 3.43. The summed E-state index contributed by atoms with van der Waals surface area (Å²) < 4.78 is 12.4. The fraction of sp³-hybridized carbons (Fsp3) is 0.433. The molecule has 5 rings (SSSR count). The van der Waals surface area contributed by atoms with Crippen LogP contribution in [0.25, 0.3) is 0 Å². The molecule has 47 heavy (non-hydrogen) atoms. The smallest absolute Gasteiger partial charge is 0.410 e. The van der Waals surface area contributed by atoms with Gasteiger partial charge in [-0.1, -0.05) is 58.5 Å². The molecule has 4 N–H and O–H groups in total. The van der Waals surface area contributed by atoms with Crippen molar-refractivity contribution in [2.24, 2.45) is 10.8 Å². The first-order valence-electron chi connectivity index (χ1n) is 14.3. The molecule has 0 bridgehead atoms. The minimum Gasteiger partial charge on any atom is -0.483 e. The van der Waals surface area contributed by atoms with Gasteiger partial charge in [0.25, 0.3) is 0 Å². The van der Waals surface area contributed by atoms with E-state index in [1.807, 2.05) is 44.4 Å². The number of aliphatic imine (C=N–C) groups is 1. The maximum Gasteiger partial charge on any atom is 0.410 e. The standard InChI is InChI=1S/C12H12Cl2N4.C10H18N2O3.C8H8Cl2N2O.V/c13-9-2-1-8(5-10(9)14)6-11-16-17-12-7-15-3-4-18(11)12;1-10(2,3)15-9(13)12-6-5-11-8(7-12)14-4;9-6-2-1-5(3-7(6)10)4-8(13)12-11;/h1-2,5,15H,3-4,6-7H2;5-7H2,1-4H3;1-3H,4,11H2,(H,12,13);. The molecule has 2 aliphatic heterocycles. The van der Waals surface area contributed by atoms with Gasteiger partial charge in [0.2, 0.25) is 11.8 Å². The monoisotopic (exact) mass is 765 g/mol. The molecule has 0 saturated heterocycles. The molecule has 255 valence electrons. The minimum absolute atomic E-state index is 0. The van der Waals surface area contributed by atoms with E-state index in [1.54, 1.807) is 30.2 Å². The van der Waals surface area contributed by atoms with Crippen LogP contribution in [0, 0.1) is 0 Å². The van der Waals surface area contributed by atoms with Crippen molar-refractivity contribution in [1.82, 2.24) is 30.4 Å². The Balaban J connectivity index is 0.000000247. The van der Waals surface area contributed by atoms with E-state index in [2.05, 4.69) is 25.1 Å². The molecule has 3 aromatic rings. The number of ether oxygens (including phenoxy) is 2. The third-order valence-electron chi connectivity index (χ3n) is 6.43. The number of carbonyl (C=O) groups excluding carboxylic acids is 2. The first-order valence-corrected chi connectivity index (χ1v) is 15.8. The van der Waals surface area contributed by atoms with Crippen molar-refractivity contribution in [1.29, 1.82) is 0 Å². The van der Waals surface area contributed by atoms with Gasteiger partial charge in [0.05, 0.1) is 53.3 Å². The third-order valence-corrected chi connectivity index (χ3v) is 7.90. The normalized spacial score (nSPS) is 13.7. The zero-order chi connectivity index (χ0) is 33.9. The molecule has 0 aliphatic carbocycles. The number of rotatable bonds is 4. The van der Waals surface area contributed by atoms with E-state index in [0.717, 1.165) is 48.8 Å². The summed E-state index contributed by atoms with van der Waals surface area (Å²) >= 11 is 23.4. The molecule has 3 heterocycles. The van der Waals surface area contributed by atoms with E-state index in [9.17, 15) is 9.59 Å². The number of nitrogens with one attached hydrogen (secondary N) is 2. The van der Waals surface area contributed by atoms with Gasteiger partial charge in [-0.15, -0.1) is 10.2 Å². The molecule has 0 atom stereocenters. The molecular formula is C30H38Cl4N8O4V. The minimum atomic E-state index is -0.459. The Hall–Kier alpha value is -2.55. The molecule has 2 aliphatic rings. The summed E-state index contributed by atoms with van der Waals surface area (Å²) in [5.41, 5.74) is 3.44. The molecule has 17 heteroatoms. The van der Waals surface area contributed by atoms with E-state index >= 15 is 0 Å². The largest absolute Gasteiger partial charge is 0.483 e. The van der Waals surface area contributed by atoms with Gasteiger partial charge < -0.3 is 19.4 Å². The fourth-order valence-electron chi connectivity index (χ4n) is 4.20. The number of hydrazine groups is 1. The zero-order valence-corrected chi connectivity index (χ0v) is 30.9. The van der Waals surface area contributed by atoms with Crippen molar-refractivity contribution in [3.63, 3.8) is 0 Å². The van der Waals surface area contributed by atoms with Crippen molar-refractivity contribution in [3.8, 4) is 0 Å². The van der Waals surface area contributed by atoms with Crippen LogP contribution in [-0.2, 0) is 58.8 Å². The number of hydrogen-bond acceptors (Lipinski definition) is 9. The molecule has 0 saturated carbocycles. The molecule has 0 spiro atoms.